The summed E-state index contributed by atoms with van der Waals surface area (Å²) < 4.78 is 46.8. The van der Waals surface area contributed by atoms with Crippen molar-refractivity contribution in [1.29, 1.82) is 0 Å². The first-order valence-corrected chi connectivity index (χ1v) is 15.5. The van der Waals surface area contributed by atoms with Crippen LogP contribution < -0.4 is 10.5 Å². The maximum Gasteiger partial charge on any atom is 0.267 e. The zero-order valence-electron chi connectivity index (χ0n) is 24.4. The molecule has 0 spiro atoms. The molecule has 1 atom stereocenters. The molecule has 0 radical (unpaired) electrons. The summed E-state index contributed by atoms with van der Waals surface area (Å²) in [5.74, 6) is -0.348. The first-order valence-electron chi connectivity index (χ1n) is 12.8. The van der Waals surface area contributed by atoms with Crippen LogP contribution in [-0.4, -0.2) is 68.6 Å². The van der Waals surface area contributed by atoms with E-state index in [1.54, 1.807) is 37.4 Å². The number of hydrogen-bond acceptors (Lipinski definition) is 9. The number of pyridine rings is 1. The number of hydrogen-bond donors (Lipinski definition) is 1. The van der Waals surface area contributed by atoms with Crippen molar-refractivity contribution in [2.75, 3.05) is 45.5 Å². The minimum absolute atomic E-state index is 0.0947. The topological polar surface area (TPSA) is 128 Å². The molecule has 0 fully saturated rings. The monoisotopic (exact) mass is 603 g/mol. The number of benzene rings is 2. The van der Waals surface area contributed by atoms with Crippen LogP contribution >= 0.6 is 0 Å². The lowest BCUT2D eigenvalue weighted by molar-refractivity contribution is 0.397. The maximum atomic E-state index is 13.3. The van der Waals surface area contributed by atoms with E-state index < -0.39 is 26.6 Å². The Labute approximate surface area is 243 Å². The molecule has 0 aliphatic carbocycles. The molecule has 10 nitrogen and oxygen atoms in total. The summed E-state index contributed by atoms with van der Waals surface area (Å²) in [6.07, 6.45) is 3.40. The van der Waals surface area contributed by atoms with Gasteiger partial charge in [-0.2, -0.15) is 8.42 Å². The van der Waals surface area contributed by atoms with E-state index in [1.165, 1.54) is 17.8 Å². The first kappa shape index (κ1) is 32.2. The number of aliphatic imine (C=N–C) groups is 1. The number of anilines is 1. The maximum absolute atomic E-state index is 13.3. The Morgan fingerprint density at radius 2 is 1.88 bits per heavy atom. The third kappa shape index (κ3) is 7.31. The Kier molecular flexibility index (Phi) is 10.3. The number of aryl methyl sites for hydroxylation is 1. The van der Waals surface area contributed by atoms with Crippen molar-refractivity contribution in [2.24, 2.45) is 12.0 Å². The molecule has 41 heavy (non-hydrogen) atoms. The smallest absolute Gasteiger partial charge is 0.267 e. The van der Waals surface area contributed by atoms with Crippen LogP contribution in [0.1, 0.15) is 31.4 Å². The molecule has 1 unspecified atom stereocenters. The molecule has 3 aromatic rings. The van der Waals surface area contributed by atoms with Gasteiger partial charge in [0.2, 0.25) is 0 Å². The summed E-state index contributed by atoms with van der Waals surface area (Å²) in [6.45, 7) is 4.00. The van der Waals surface area contributed by atoms with Crippen molar-refractivity contribution >= 4 is 49.6 Å². The highest BCUT2D eigenvalue weighted by molar-refractivity contribution is 7.86. The van der Waals surface area contributed by atoms with Crippen molar-refractivity contribution in [3.05, 3.63) is 70.0 Å². The molecule has 0 bridgehead atoms. The largest absolute Gasteiger partial charge is 0.506 e. The van der Waals surface area contributed by atoms with E-state index in [2.05, 4.69) is 4.18 Å². The summed E-state index contributed by atoms with van der Waals surface area (Å²) >= 11 is -1.65. The third-order valence-corrected chi connectivity index (χ3v) is 9.18. The Balaban J connectivity index is 2.11. The molecule has 2 aromatic carbocycles. The Hall–Kier alpha value is -3.32. The fourth-order valence-corrected chi connectivity index (χ4v) is 5.60. The molecule has 0 saturated carbocycles. The molecule has 1 N–H and O–H groups in total. The van der Waals surface area contributed by atoms with Crippen LogP contribution in [-0.2, 0) is 42.0 Å². The highest BCUT2D eigenvalue weighted by atomic mass is 32.2. The highest BCUT2D eigenvalue weighted by Gasteiger charge is 2.27. The Bertz CT molecular complexity index is 1670. The number of aromatic hydroxyl groups is 1. The summed E-state index contributed by atoms with van der Waals surface area (Å²) in [5, 5.41) is 11.6. The SMILES string of the molecule is COS(=O)c1cccc(C(C)(C)C(/C=C/c2c(O)c3ccc(N(C)C)cc3n(C)c2=O)=NCCCS(=O)(=O)OC)c1. The van der Waals surface area contributed by atoms with Crippen LogP contribution in [0, 0.1) is 0 Å². The van der Waals surface area contributed by atoms with Crippen LogP contribution in [0.5, 0.6) is 5.75 Å². The average Bonchev–Trinajstić information content (AvgIpc) is 2.96. The van der Waals surface area contributed by atoms with Crippen molar-refractivity contribution in [3.8, 4) is 5.75 Å². The second-order valence-electron chi connectivity index (χ2n) is 10.2. The summed E-state index contributed by atoms with van der Waals surface area (Å²) in [7, 11) is 4.27. The van der Waals surface area contributed by atoms with E-state index in [0.717, 1.165) is 18.4 Å². The van der Waals surface area contributed by atoms with Crippen LogP contribution in [0.25, 0.3) is 17.0 Å². The third-order valence-electron chi connectivity index (χ3n) is 6.94. The molecular weight excluding hydrogens is 566 g/mol. The van der Waals surface area contributed by atoms with E-state index >= 15 is 0 Å². The van der Waals surface area contributed by atoms with Crippen molar-refractivity contribution in [1.82, 2.24) is 4.57 Å². The standard InChI is InChI=1S/C29H37N3O7S2/c1-29(2,20-10-8-11-22(18-20)40(35)38-6)26(30-16-9-17-41(36,37)39-7)15-14-24-27(33)23-13-12-21(31(3)4)19-25(23)32(5)28(24)34/h8,10-15,18-19,33H,9,16-17H2,1-7H3/b15-14+,30-26?. The van der Waals surface area contributed by atoms with Gasteiger partial charge in [0.1, 0.15) is 5.75 Å². The highest BCUT2D eigenvalue weighted by Crippen LogP contribution is 2.31. The minimum atomic E-state index is -3.64. The van der Waals surface area contributed by atoms with E-state index in [1.807, 2.05) is 51.0 Å². The van der Waals surface area contributed by atoms with Gasteiger partial charge in [-0.1, -0.05) is 26.0 Å². The second-order valence-corrected chi connectivity index (χ2v) is 13.3. The lowest BCUT2D eigenvalue weighted by atomic mass is 9.79. The lowest BCUT2D eigenvalue weighted by Crippen LogP contribution is -2.28. The Morgan fingerprint density at radius 1 is 1.17 bits per heavy atom. The fraction of sp³-hybridized carbons (Fsp3) is 0.379. The normalized spacial score (nSPS) is 13.7. The van der Waals surface area contributed by atoms with Crippen molar-refractivity contribution in [3.63, 3.8) is 0 Å². The number of aromatic nitrogens is 1. The number of allylic oxidation sites excluding steroid dienone is 1. The van der Waals surface area contributed by atoms with E-state index in [4.69, 9.17) is 9.18 Å². The molecule has 1 aromatic heterocycles. The average molecular weight is 604 g/mol. The lowest BCUT2D eigenvalue weighted by Gasteiger charge is -2.26. The van der Waals surface area contributed by atoms with Gasteiger partial charge in [0.05, 0.1) is 35.9 Å². The van der Waals surface area contributed by atoms with Gasteiger partial charge in [0.25, 0.3) is 15.7 Å². The van der Waals surface area contributed by atoms with Crippen molar-refractivity contribution in [2.45, 2.75) is 30.6 Å². The zero-order valence-corrected chi connectivity index (χ0v) is 26.0. The van der Waals surface area contributed by atoms with Crippen LogP contribution in [0.2, 0.25) is 0 Å². The van der Waals surface area contributed by atoms with Gasteiger partial charge < -0.3 is 14.6 Å². The first-order chi connectivity index (χ1) is 19.2. The van der Waals surface area contributed by atoms with Crippen LogP contribution in [0.15, 0.2) is 63.2 Å². The molecule has 1 heterocycles. The quantitative estimate of drug-likeness (QED) is 0.188. The van der Waals surface area contributed by atoms with Crippen LogP contribution in [0.3, 0.4) is 0 Å². The Morgan fingerprint density at radius 3 is 2.51 bits per heavy atom. The molecule has 12 heteroatoms. The molecule has 3 rings (SSSR count). The molecule has 222 valence electrons. The number of fused-ring (bicyclic) bond motifs is 1. The van der Waals surface area contributed by atoms with E-state index in [0.29, 0.717) is 21.5 Å². The van der Waals surface area contributed by atoms with Gasteiger partial charge in [0.15, 0.2) is 11.1 Å². The summed E-state index contributed by atoms with van der Waals surface area (Å²) in [5.41, 5.74) is 1.73. The van der Waals surface area contributed by atoms with Crippen LogP contribution in [0.4, 0.5) is 5.69 Å². The molecule has 0 aliphatic rings. The van der Waals surface area contributed by atoms with Gasteiger partial charge in [-0.25, -0.2) is 4.21 Å². The second kappa shape index (κ2) is 13.1. The molecule has 0 aliphatic heterocycles. The summed E-state index contributed by atoms with van der Waals surface area (Å²) in [6, 6.07) is 12.6. The predicted molar refractivity (Wildman–Crippen MR) is 165 cm³/mol. The number of rotatable bonds is 12. The fourth-order valence-electron chi connectivity index (χ4n) is 4.34. The molecule has 0 saturated heterocycles. The van der Waals surface area contributed by atoms with Crippen molar-refractivity contribution < 1.29 is 26.1 Å². The summed E-state index contributed by atoms with van der Waals surface area (Å²) in [4.78, 5) is 20.4. The molecular formula is C29H37N3O7S2. The van der Waals surface area contributed by atoms with E-state index in [-0.39, 0.29) is 35.6 Å². The molecule has 0 amide bonds. The van der Waals surface area contributed by atoms with E-state index in [9.17, 15) is 22.5 Å². The van der Waals surface area contributed by atoms with Gasteiger partial charge in [0, 0.05) is 49.9 Å². The van der Waals surface area contributed by atoms with Gasteiger partial charge in [-0.15, -0.1) is 0 Å². The minimum Gasteiger partial charge on any atom is -0.506 e. The zero-order chi connectivity index (χ0) is 30.5. The van der Waals surface area contributed by atoms with Gasteiger partial charge in [-0.05, 0) is 54.5 Å². The van der Waals surface area contributed by atoms with Gasteiger partial charge in [-0.3, -0.25) is 18.2 Å². The number of nitrogens with zero attached hydrogens (tertiary/aromatic N) is 3. The predicted octanol–water partition coefficient (Wildman–Crippen LogP) is 3.78. The van der Waals surface area contributed by atoms with Gasteiger partial charge >= 0.3 is 0 Å².